The fourth-order valence-corrected chi connectivity index (χ4v) is 1.86. The van der Waals surface area contributed by atoms with Crippen LogP contribution in [0, 0.1) is 5.21 Å². The Kier molecular flexibility index (Phi) is 3.42. The Bertz CT molecular complexity index is 485. The van der Waals surface area contributed by atoms with Crippen LogP contribution in [0.1, 0.15) is 11.1 Å². The van der Waals surface area contributed by atoms with Crippen molar-refractivity contribution < 1.29 is 4.73 Å². The van der Waals surface area contributed by atoms with E-state index in [1.165, 1.54) is 6.20 Å². The first-order chi connectivity index (χ1) is 7.75. The number of aromatic nitrogens is 1. The Labute approximate surface area is 99.7 Å². The van der Waals surface area contributed by atoms with Gasteiger partial charge in [-0.3, -0.25) is 0 Å². The lowest BCUT2D eigenvalue weighted by Crippen LogP contribution is -2.24. The Balaban J connectivity index is 2.05. The van der Waals surface area contributed by atoms with Crippen molar-refractivity contribution in [1.82, 2.24) is 0 Å². The highest BCUT2D eigenvalue weighted by Crippen LogP contribution is 2.16. The standard InChI is InChI=1S/C13H12ClNO/c14-13-6-2-1-5-12(13)8-7-11-4-3-9-15(16)10-11/h1-6,9-10H,7-8H2. The normalized spacial score (nSPS) is 10.3. The zero-order chi connectivity index (χ0) is 11.4. The molecule has 0 atom stereocenters. The molecule has 0 fully saturated rings. The molecule has 0 N–H and O–H groups in total. The quantitative estimate of drug-likeness (QED) is 0.592. The highest BCUT2D eigenvalue weighted by atomic mass is 35.5. The molecule has 0 saturated carbocycles. The fourth-order valence-electron chi connectivity index (χ4n) is 1.63. The number of aryl methyl sites for hydroxylation is 2. The van der Waals surface area contributed by atoms with Crippen LogP contribution in [0.15, 0.2) is 48.8 Å². The number of hydrogen-bond donors (Lipinski definition) is 0. The van der Waals surface area contributed by atoms with Gasteiger partial charge in [0.15, 0.2) is 12.4 Å². The van der Waals surface area contributed by atoms with E-state index in [1.807, 2.05) is 30.3 Å². The molecule has 1 heterocycles. The molecular weight excluding hydrogens is 222 g/mol. The Morgan fingerprint density at radius 1 is 1.06 bits per heavy atom. The first-order valence-electron chi connectivity index (χ1n) is 5.17. The van der Waals surface area contributed by atoms with Crippen molar-refractivity contribution in [3.8, 4) is 0 Å². The monoisotopic (exact) mass is 233 g/mol. The molecule has 0 radical (unpaired) electrons. The van der Waals surface area contributed by atoms with Gasteiger partial charge in [0.1, 0.15) is 0 Å². The van der Waals surface area contributed by atoms with Crippen LogP contribution in [0.25, 0.3) is 0 Å². The van der Waals surface area contributed by atoms with Crippen LogP contribution in [0.4, 0.5) is 0 Å². The van der Waals surface area contributed by atoms with Crippen LogP contribution >= 0.6 is 11.6 Å². The van der Waals surface area contributed by atoms with Crippen molar-refractivity contribution in [2.45, 2.75) is 12.8 Å². The molecule has 1 aromatic heterocycles. The van der Waals surface area contributed by atoms with E-state index >= 15 is 0 Å². The predicted molar refractivity (Wildman–Crippen MR) is 64.3 cm³/mol. The van der Waals surface area contributed by atoms with E-state index in [2.05, 4.69) is 0 Å². The van der Waals surface area contributed by atoms with Crippen LogP contribution in [0.5, 0.6) is 0 Å². The molecule has 0 saturated heterocycles. The van der Waals surface area contributed by atoms with Gasteiger partial charge in [-0.1, -0.05) is 29.8 Å². The average Bonchev–Trinajstić information content (AvgIpc) is 2.28. The second-order valence-electron chi connectivity index (χ2n) is 3.66. The zero-order valence-electron chi connectivity index (χ0n) is 8.77. The lowest BCUT2D eigenvalue weighted by molar-refractivity contribution is -0.605. The molecule has 82 valence electrons. The molecule has 3 heteroatoms. The smallest absolute Gasteiger partial charge is 0.183 e. The maximum absolute atomic E-state index is 11.1. The highest BCUT2D eigenvalue weighted by molar-refractivity contribution is 6.31. The van der Waals surface area contributed by atoms with Crippen molar-refractivity contribution >= 4 is 11.6 Å². The van der Waals surface area contributed by atoms with Crippen molar-refractivity contribution in [2.24, 2.45) is 0 Å². The van der Waals surface area contributed by atoms with E-state index in [4.69, 9.17) is 11.6 Å². The third-order valence-electron chi connectivity index (χ3n) is 2.48. The van der Waals surface area contributed by atoms with Crippen molar-refractivity contribution in [3.63, 3.8) is 0 Å². The van der Waals surface area contributed by atoms with Gasteiger partial charge in [0, 0.05) is 16.7 Å². The van der Waals surface area contributed by atoms with Gasteiger partial charge in [-0.25, -0.2) is 0 Å². The topological polar surface area (TPSA) is 26.9 Å². The van der Waals surface area contributed by atoms with Gasteiger partial charge in [-0.2, -0.15) is 4.73 Å². The minimum atomic E-state index is 0.786. The number of pyridine rings is 1. The molecule has 0 aliphatic heterocycles. The van der Waals surface area contributed by atoms with Crippen LogP contribution < -0.4 is 4.73 Å². The van der Waals surface area contributed by atoms with Crippen LogP contribution in [0.3, 0.4) is 0 Å². The molecule has 0 aliphatic rings. The summed E-state index contributed by atoms with van der Waals surface area (Å²) in [5.74, 6) is 0. The average molecular weight is 234 g/mol. The largest absolute Gasteiger partial charge is 0.619 e. The summed E-state index contributed by atoms with van der Waals surface area (Å²) in [4.78, 5) is 0. The Hall–Kier alpha value is -1.54. The lowest BCUT2D eigenvalue weighted by Gasteiger charge is -2.03. The van der Waals surface area contributed by atoms with Gasteiger partial charge < -0.3 is 5.21 Å². The Morgan fingerprint density at radius 3 is 2.62 bits per heavy atom. The van der Waals surface area contributed by atoms with Crippen LogP contribution in [0.2, 0.25) is 5.02 Å². The van der Waals surface area contributed by atoms with Crippen molar-refractivity contribution in [1.29, 1.82) is 0 Å². The lowest BCUT2D eigenvalue weighted by atomic mass is 10.1. The molecule has 0 unspecified atom stereocenters. The SMILES string of the molecule is [O-][n+]1cccc(CCc2ccccc2Cl)c1. The highest BCUT2D eigenvalue weighted by Gasteiger charge is 2.01. The zero-order valence-corrected chi connectivity index (χ0v) is 9.52. The summed E-state index contributed by atoms with van der Waals surface area (Å²) in [5.41, 5.74) is 2.14. The first kappa shape index (κ1) is 11.0. The summed E-state index contributed by atoms with van der Waals surface area (Å²) in [5, 5.41) is 11.8. The van der Waals surface area contributed by atoms with Crippen molar-refractivity contribution in [2.75, 3.05) is 0 Å². The predicted octanol–water partition coefficient (Wildman–Crippen LogP) is 2.76. The van der Waals surface area contributed by atoms with E-state index in [1.54, 1.807) is 12.3 Å². The summed E-state index contributed by atoms with van der Waals surface area (Å²) >= 11 is 6.05. The summed E-state index contributed by atoms with van der Waals surface area (Å²) < 4.78 is 0.821. The van der Waals surface area contributed by atoms with Crippen LogP contribution in [-0.4, -0.2) is 0 Å². The van der Waals surface area contributed by atoms with Crippen molar-refractivity contribution in [3.05, 3.63) is 70.1 Å². The minimum absolute atomic E-state index is 0.786. The molecule has 0 bridgehead atoms. The number of benzene rings is 1. The fraction of sp³-hybridized carbons (Fsp3) is 0.154. The van der Waals surface area contributed by atoms with Crippen LogP contribution in [-0.2, 0) is 12.8 Å². The van der Waals surface area contributed by atoms with Gasteiger partial charge in [-0.15, -0.1) is 0 Å². The van der Waals surface area contributed by atoms with Gasteiger partial charge in [-0.05, 0) is 30.5 Å². The van der Waals surface area contributed by atoms with Gasteiger partial charge >= 0.3 is 0 Å². The van der Waals surface area contributed by atoms with E-state index in [0.29, 0.717) is 0 Å². The van der Waals surface area contributed by atoms with E-state index in [-0.39, 0.29) is 0 Å². The number of nitrogens with zero attached hydrogens (tertiary/aromatic N) is 1. The molecule has 0 spiro atoms. The molecule has 16 heavy (non-hydrogen) atoms. The number of halogens is 1. The second kappa shape index (κ2) is 4.99. The van der Waals surface area contributed by atoms with E-state index in [0.717, 1.165) is 33.7 Å². The third-order valence-corrected chi connectivity index (χ3v) is 2.85. The number of hydrogen-bond acceptors (Lipinski definition) is 1. The molecule has 2 aromatic rings. The molecule has 2 nitrogen and oxygen atoms in total. The molecule has 1 aromatic carbocycles. The van der Waals surface area contributed by atoms with Gasteiger partial charge in [0.05, 0.1) is 0 Å². The summed E-state index contributed by atoms with van der Waals surface area (Å²) in [6, 6.07) is 11.5. The summed E-state index contributed by atoms with van der Waals surface area (Å²) in [6.07, 6.45) is 4.76. The third kappa shape index (κ3) is 2.74. The maximum Gasteiger partial charge on any atom is 0.183 e. The summed E-state index contributed by atoms with van der Waals surface area (Å²) in [6.45, 7) is 0. The van der Waals surface area contributed by atoms with Gasteiger partial charge in [0.25, 0.3) is 0 Å². The molecule has 0 aliphatic carbocycles. The summed E-state index contributed by atoms with van der Waals surface area (Å²) in [7, 11) is 0. The van der Waals surface area contributed by atoms with E-state index < -0.39 is 0 Å². The Morgan fingerprint density at radius 2 is 1.88 bits per heavy atom. The minimum Gasteiger partial charge on any atom is -0.619 e. The number of rotatable bonds is 3. The molecular formula is C13H12ClNO. The first-order valence-corrected chi connectivity index (χ1v) is 5.54. The van der Waals surface area contributed by atoms with Gasteiger partial charge in [0.2, 0.25) is 0 Å². The maximum atomic E-state index is 11.1. The second-order valence-corrected chi connectivity index (χ2v) is 4.07. The van der Waals surface area contributed by atoms with E-state index in [9.17, 15) is 5.21 Å². The molecule has 2 rings (SSSR count). The molecule has 0 amide bonds.